The van der Waals surface area contributed by atoms with Crippen molar-refractivity contribution >= 4 is 35.4 Å². The number of hydrogen-bond acceptors (Lipinski definition) is 9. The Morgan fingerprint density at radius 1 is 0.898 bits per heavy atom. The Morgan fingerprint density at radius 2 is 1.53 bits per heavy atom. The Morgan fingerprint density at radius 3 is 2.06 bits per heavy atom. The Labute approximate surface area is 282 Å². The van der Waals surface area contributed by atoms with E-state index in [0.717, 1.165) is 5.56 Å². The first-order valence-corrected chi connectivity index (χ1v) is 15.3. The normalized spacial score (nSPS) is 12.1. The average molecular weight is 700 g/mol. The molecule has 2 aromatic rings. The van der Waals surface area contributed by atoms with E-state index in [0.29, 0.717) is 63.1 Å². The van der Waals surface area contributed by atoms with Crippen molar-refractivity contribution in [3.05, 3.63) is 54.1 Å². The van der Waals surface area contributed by atoms with Gasteiger partial charge in [-0.1, -0.05) is 24.3 Å². The topological polar surface area (TPSA) is 181 Å². The molecule has 0 saturated carbocycles. The van der Waals surface area contributed by atoms with Gasteiger partial charge in [0.2, 0.25) is 0 Å². The Balaban J connectivity index is 0.00000154. The number of para-hydroxylation sites is 1. The molecule has 0 aliphatic heterocycles. The van der Waals surface area contributed by atoms with Crippen molar-refractivity contribution in [3.63, 3.8) is 0 Å². The number of anilines is 1. The van der Waals surface area contributed by atoms with Gasteiger partial charge >= 0.3 is 24.3 Å². The number of carboxylic acid groups (broad SMARTS) is 2. The second kappa shape index (κ2) is 22.0. The summed E-state index contributed by atoms with van der Waals surface area (Å²) < 4.78 is 48.1. The van der Waals surface area contributed by atoms with E-state index in [1.54, 1.807) is 49.6 Å². The molecule has 16 heteroatoms. The summed E-state index contributed by atoms with van der Waals surface area (Å²) in [5.74, 6) is -2.00. The van der Waals surface area contributed by atoms with Crippen LogP contribution in [0.4, 0.5) is 28.4 Å². The molecular formula is C33H44F3N3O10. The van der Waals surface area contributed by atoms with E-state index in [1.165, 1.54) is 25.9 Å². The zero-order chi connectivity index (χ0) is 37.0. The van der Waals surface area contributed by atoms with Crippen LogP contribution in [0.5, 0.6) is 11.5 Å². The first kappa shape index (κ1) is 42.3. The third-order valence-electron chi connectivity index (χ3n) is 6.90. The van der Waals surface area contributed by atoms with Crippen LogP contribution in [0.3, 0.4) is 0 Å². The fourth-order valence-corrected chi connectivity index (χ4v) is 4.30. The maximum absolute atomic E-state index is 12.7. The summed E-state index contributed by atoms with van der Waals surface area (Å²) in [6.45, 7) is 4.24. The summed E-state index contributed by atoms with van der Waals surface area (Å²) in [6, 6.07) is 13.7. The standard InChI is InChI=1S/C31H43N3O8.C2HF3O2/c1-22(35)12-14-24-15-17-28(29(19-24)41-4)42-30(37)33-25(16-13-23(2)36)9-8-18-32-20-27(40-3)21-34(31(38)39)26-10-6-5-7-11-26;3-2(4,5)1(6)7/h5-7,10-11,15,17,19,25,27,32H,8-9,12-14,16,18,20-21H2,1-4H3,(H,33,37)(H,38,39);(H,6,7). The number of carbonyl (C=O) groups is 5. The fourth-order valence-electron chi connectivity index (χ4n) is 4.30. The van der Waals surface area contributed by atoms with E-state index in [9.17, 15) is 37.5 Å². The second-order valence-corrected chi connectivity index (χ2v) is 10.9. The molecule has 2 atom stereocenters. The molecule has 0 heterocycles. The molecule has 0 aliphatic rings. The SMILES string of the molecule is COc1cc(CCC(C)=O)ccc1OC(=O)NC(CCCNCC(CN(C(=O)O)c1ccccc1)OC)CCC(C)=O.O=C(O)C(F)(F)F. The van der Waals surface area contributed by atoms with Crippen molar-refractivity contribution in [1.29, 1.82) is 0 Å². The minimum atomic E-state index is -5.08. The number of nitrogens with one attached hydrogen (secondary N) is 2. The highest BCUT2D eigenvalue weighted by Crippen LogP contribution is 2.29. The summed E-state index contributed by atoms with van der Waals surface area (Å²) in [5.41, 5.74) is 1.47. The molecule has 0 aliphatic carbocycles. The first-order chi connectivity index (χ1) is 23.1. The molecule has 0 aromatic heterocycles. The summed E-state index contributed by atoms with van der Waals surface area (Å²) in [6.07, 6.45) is -4.11. The summed E-state index contributed by atoms with van der Waals surface area (Å²) in [7, 11) is 3.02. The third-order valence-corrected chi connectivity index (χ3v) is 6.90. The van der Waals surface area contributed by atoms with Gasteiger partial charge in [0.15, 0.2) is 11.5 Å². The van der Waals surface area contributed by atoms with Crippen molar-refractivity contribution in [1.82, 2.24) is 10.6 Å². The van der Waals surface area contributed by atoms with Gasteiger partial charge < -0.3 is 44.6 Å². The number of carboxylic acids is 1. The maximum atomic E-state index is 12.7. The van der Waals surface area contributed by atoms with Gasteiger partial charge in [0.05, 0.1) is 19.8 Å². The molecule has 49 heavy (non-hydrogen) atoms. The summed E-state index contributed by atoms with van der Waals surface area (Å²) in [5, 5.41) is 22.9. The molecule has 2 aromatic carbocycles. The van der Waals surface area contributed by atoms with E-state index in [2.05, 4.69) is 10.6 Å². The molecule has 272 valence electrons. The van der Waals surface area contributed by atoms with Crippen LogP contribution in [0.15, 0.2) is 48.5 Å². The highest BCUT2D eigenvalue weighted by Gasteiger charge is 2.38. The molecule has 4 N–H and O–H groups in total. The van der Waals surface area contributed by atoms with Crippen LogP contribution in [-0.4, -0.2) is 92.1 Å². The van der Waals surface area contributed by atoms with Gasteiger partial charge in [-0.3, -0.25) is 4.90 Å². The summed E-state index contributed by atoms with van der Waals surface area (Å²) >= 11 is 0. The lowest BCUT2D eigenvalue weighted by Gasteiger charge is -2.25. The molecule has 13 nitrogen and oxygen atoms in total. The smallest absolute Gasteiger partial charge is 0.490 e. The number of ketones is 2. The number of aliphatic carboxylic acids is 1. The number of ether oxygens (including phenoxy) is 3. The average Bonchev–Trinajstić information content (AvgIpc) is 3.04. The van der Waals surface area contributed by atoms with E-state index in [-0.39, 0.29) is 36.0 Å². The molecule has 2 unspecified atom stereocenters. The lowest BCUT2D eigenvalue weighted by molar-refractivity contribution is -0.192. The van der Waals surface area contributed by atoms with Crippen LogP contribution >= 0.6 is 0 Å². The summed E-state index contributed by atoms with van der Waals surface area (Å²) in [4.78, 5) is 57.5. The minimum Gasteiger partial charge on any atom is -0.493 e. The number of carbonyl (C=O) groups excluding carboxylic acids is 3. The van der Waals surface area contributed by atoms with Gasteiger partial charge in [-0.2, -0.15) is 13.2 Å². The van der Waals surface area contributed by atoms with E-state index >= 15 is 0 Å². The predicted octanol–water partition coefficient (Wildman–Crippen LogP) is 5.25. The van der Waals surface area contributed by atoms with Gasteiger partial charge in [0.1, 0.15) is 11.6 Å². The number of hydrogen-bond donors (Lipinski definition) is 4. The zero-order valence-corrected chi connectivity index (χ0v) is 27.9. The molecular weight excluding hydrogens is 655 g/mol. The lowest BCUT2D eigenvalue weighted by Crippen LogP contribution is -2.42. The van der Waals surface area contributed by atoms with Crippen LogP contribution in [0.2, 0.25) is 0 Å². The maximum Gasteiger partial charge on any atom is 0.490 e. The third kappa shape index (κ3) is 17.9. The van der Waals surface area contributed by atoms with Crippen molar-refractivity contribution in [2.45, 2.75) is 70.7 Å². The molecule has 0 radical (unpaired) electrons. The number of alkyl halides is 3. The number of rotatable bonds is 19. The minimum absolute atomic E-state index is 0.0282. The fraction of sp³-hybridized carbons (Fsp3) is 0.485. The van der Waals surface area contributed by atoms with Crippen LogP contribution in [0, 0.1) is 0 Å². The molecule has 0 bridgehead atoms. The van der Waals surface area contributed by atoms with Gasteiger partial charge in [-0.25, -0.2) is 14.4 Å². The van der Waals surface area contributed by atoms with Crippen molar-refractivity contribution in [3.8, 4) is 11.5 Å². The van der Waals surface area contributed by atoms with Crippen LogP contribution < -0.4 is 25.0 Å². The molecule has 2 amide bonds. The van der Waals surface area contributed by atoms with Crippen LogP contribution in [0.1, 0.15) is 51.5 Å². The van der Waals surface area contributed by atoms with Crippen molar-refractivity contribution < 1.29 is 61.6 Å². The monoisotopic (exact) mass is 699 g/mol. The Kier molecular flexibility index (Phi) is 19.0. The second-order valence-electron chi connectivity index (χ2n) is 10.9. The largest absolute Gasteiger partial charge is 0.493 e. The Hall–Kier alpha value is -4.70. The van der Waals surface area contributed by atoms with E-state index < -0.39 is 24.3 Å². The van der Waals surface area contributed by atoms with Gasteiger partial charge in [0, 0.05) is 38.2 Å². The molecule has 0 saturated heterocycles. The number of nitrogens with zero attached hydrogens (tertiary/aromatic N) is 1. The van der Waals surface area contributed by atoms with Gasteiger partial charge in [-0.05, 0) is 75.9 Å². The number of benzene rings is 2. The van der Waals surface area contributed by atoms with E-state index in [4.69, 9.17) is 24.1 Å². The number of amides is 2. The molecule has 2 rings (SSSR count). The van der Waals surface area contributed by atoms with Gasteiger partial charge in [0.25, 0.3) is 0 Å². The molecule has 0 fully saturated rings. The number of methoxy groups -OCH3 is 2. The number of Topliss-reactive ketones (excluding diaryl/α,β-unsaturated/α-hetero) is 2. The quantitative estimate of drug-likeness (QED) is 0.141. The lowest BCUT2D eigenvalue weighted by atomic mass is 10.0. The number of halogens is 3. The zero-order valence-electron chi connectivity index (χ0n) is 27.9. The van der Waals surface area contributed by atoms with E-state index in [1.807, 2.05) is 6.07 Å². The highest BCUT2D eigenvalue weighted by atomic mass is 19.4. The highest BCUT2D eigenvalue weighted by molar-refractivity contribution is 5.86. The van der Waals surface area contributed by atoms with Crippen molar-refractivity contribution in [2.24, 2.45) is 0 Å². The number of aryl methyl sites for hydroxylation is 1. The van der Waals surface area contributed by atoms with Crippen molar-refractivity contribution in [2.75, 3.05) is 38.8 Å². The first-order valence-electron chi connectivity index (χ1n) is 15.3. The van der Waals surface area contributed by atoms with Crippen LogP contribution in [-0.2, 0) is 25.5 Å². The van der Waals surface area contributed by atoms with Gasteiger partial charge in [-0.15, -0.1) is 0 Å². The Bertz CT molecular complexity index is 1360. The molecule has 0 spiro atoms. The predicted molar refractivity (Wildman–Crippen MR) is 173 cm³/mol. The van der Waals surface area contributed by atoms with Crippen LogP contribution in [0.25, 0.3) is 0 Å².